The van der Waals surface area contributed by atoms with Gasteiger partial charge in [-0.15, -0.1) is 12.4 Å². The molecule has 0 saturated carbocycles. The molecule has 2 aliphatic rings. The summed E-state index contributed by atoms with van der Waals surface area (Å²) in [5, 5.41) is 3.28. The van der Waals surface area contributed by atoms with Crippen LogP contribution in [-0.4, -0.2) is 62.6 Å². The molecule has 1 aromatic rings. The minimum atomic E-state index is -0.696. The summed E-state index contributed by atoms with van der Waals surface area (Å²) >= 11 is 0. The summed E-state index contributed by atoms with van der Waals surface area (Å²) in [4.78, 5) is 27.6. The molecule has 2 heterocycles. The lowest BCUT2D eigenvalue weighted by Gasteiger charge is -2.41. The Labute approximate surface area is 167 Å². The highest BCUT2D eigenvalue weighted by molar-refractivity contribution is 5.98. The monoisotopic (exact) mass is 396 g/mol. The number of hydrogen-bond acceptors (Lipinski definition) is 5. The van der Waals surface area contributed by atoms with Crippen LogP contribution in [0.25, 0.3) is 0 Å². The predicted octanol–water partition coefficient (Wildman–Crippen LogP) is 2.31. The van der Waals surface area contributed by atoms with Gasteiger partial charge in [-0.3, -0.25) is 9.59 Å². The van der Waals surface area contributed by atoms with Crippen molar-refractivity contribution < 1.29 is 19.1 Å². The van der Waals surface area contributed by atoms with Crippen molar-refractivity contribution in [3.63, 3.8) is 0 Å². The van der Waals surface area contributed by atoms with Crippen molar-refractivity contribution in [3.05, 3.63) is 29.8 Å². The second kappa shape index (κ2) is 9.53. The molecule has 27 heavy (non-hydrogen) atoms. The van der Waals surface area contributed by atoms with E-state index in [1.165, 1.54) is 0 Å². The molecule has 0 bridgehead atoms. The Hall–Kier alpha value is -1.63. The van der Waals surface area contributed by atoms with Crippen LogP contribution < -0.4 is 10.1 Å². The number of likely N-dealkylation sites (tertiary alicyclic amines) is 1. The molecule has 0 radical (unpaired) electrons. The van der Waals surface area contributed by atoms with E-state index in [2.05, 4.69) is 5.32 Å². The Bertz CT molecular complexity index is 636. The van der Waals surface area contributed by atoms with Gasteiger partial charge in [0, 0.05) is 31.7 Å². The Kier molecular flexibility index (Phi) is 7.65. The van der Waals surface area contributed by atoms with Gasteiger partial charge in [-0.2, -0.15) is 0 Å². The number of benzene rings is 1. The third kappa shape index (κ3) is 4.62. The number of piperidine rings is 2. The minimum Gasteiger partial charge on any atom is -0.497 e. The molecule has 150 valence electrons. The highest BCUT2D eigenvalue weighted by Gasteiger charge is 2.43. The molecule has 6 nitrogen and oxygen atoms in total. The largest absolute Gasteiger partial charge is 0.497 e. The summed E-state index contributed by atoms with van der Waals surface area (Å²) in [6.07, 6.45) is 2.81. The summed E-state index contributed by atoms with van der Waals surface area (Å²) in [7, 11) is 3.24. The molecule has 1 aromatic carbocycles. The number of rotatable bonds is 5. The molecule has 1 amide bonds. The lowest BCUT2D eigenvalue weighted by atomic mass is 9.86. The minimum absolute atomic E-state index is 0. The van der Waals surface area contributed by atoms with Gasteiger partial charge in [0.15, 0.2) is 5.78 Å². The summed E-state index contributed by atoms with van der Waals surface area (Å²) in [6.45, 7) is 2.83. The second-order valence-corrected chi connectivity index (χ2v) is 7.11. The van der Waals surface area contributed by atoms with Gasteiger partial charge in [0.25, 0.3) is 5.91 Å². The van der Waals surface area contributed by atoms with Crippen LogP contribution in [-0.2, 0) is 9.53 Å². The SMILES string of the molecule is COc1ccc(C(=O)C2CCN(C(=O)C3(OC)CCNCC3)CC2)cc1.Cl. The van der Waals surface area contributed by atoms with Gasteiger partial charge in [-0.05, 0) is 63.0 Å². The van der Waals surface area contributed by atoms with E-state index in [1.54, 1.807) is 14.2 Å². The molecule has 0 atom stereocenters. The molecule has 0 unspecified atom stereocenters. The maximum Gasteiger partial charge on any atom is 0.254 e. The van der Waals surface area contributed by atoms with Crippen molar-refractivity contribution in [2.24, 2.45) is 5.92 Å². The Morgan fingerprint density at radius 1 is 1.07 bits per heavy atom. The summed E-state index contributed by atoms with van der Waals surface area (Å²) in [6, 6.07) is 7.25. The topological polar surface area (TPSA) is 67.9 Å². The summed E-state index contributed by atoms with van der Waals surface area (Å²) in [5.41, 5.74) is 0.0141. The molecule has 7 heteroatoms. The lowest BCUT2D eigenvalue weighted by molar-refractivity contribution is -0.159. The van der Waals surface area contributed by atoms with Crippen LogP contribution in [0.15, 0.2) is 24.3 Å². The summed E-state index contributed by atoms with van der Waals surface area (Å²) < 4.78 is 10.8. The van der Waals surface area contributed by atoms with Crippen LogP contribution in [0.3, 0.4) is 0 Å². The number of ketones is 1. The quantitative estimate of drug-likeness (QED) is 0.773. The van der Waals surface area contributed by atoms with E-state index in [-0.39, 0.29) is 30.0 Å². The van der Waals surface area contributed by atoms with Crippen LogP contribution in [0.4, 0.5) is 0 Å². The average molecular weight is 397 g/mol. The first-order valence-corrected chi connectivity index (χ1v) is 9.33. The second-order valence-electron chi connectivity index (χ2n) is 7.11. The predicted molar refractivity (Wildman–Crippen MR) is 106 cm³/mol. The molecule has 2 fully saturated rings. The maximum atomic E-state index is 13.0. The Morgan fingerprint density at radius 2 is 1.67 bits per heavy atom. The van der Waals surface area contributed by atoms with Crippen molar-refractivity contribution in [2.45, 2.75) is 31.3 Å². The fourth-order valence-corrected chi connectivity index (χ4v) is 3.96. The van der Waals surface area contributed by atoms with Gasteiger partial charge >= 0.3 is 0 Å². The molecule has 0 aromatic heterocycles. The van der Waals surface area contributed by atoms with Gasteiger partial charge in [0.1, 0.15) is 11.4 Å². The third-order valence-corrected chi connectivity index (χ3v) is 5.72. The normalized spacial score (nSPS) is 19.9. The zero-order valence-corrected chi connectivity index (χ0v) is 16.8. The number of amides is 1. The molecule has 1 N–H and O–H groups in total. The van der Waals surface area contributed by atoms with Crippen molar-refractivity contribution in [1.29, 1.82) is 0 Å². The molecular weight excluding hydrogens is 368 g/mol. The molecular formula is C20H29ClN2O4. The highest BCUT2D eigenvalue weighted by Crippen LogP contribution is 2.29. The lowest BCUT2D eigenvalue weighted by Crippen LogP contribution is -2.56. The standard InChI is InChI=1S/C20H28N2O4.ClH/c1-25-17-5-3-15(4-6-17)18(23)16-7-13-22(14-8-16)19(24)20(26-2)9-11-21-12-10-20;/h3-6,16,21H,7-14H2,1-2H3;1H. The van der Waals surface area contributed by atoms with Gasteiger partial charge < -0.3 is 19.7 Å². The number of carbonyl (C=O) groups is 2. The summed E-state index contributed by atoms with van der Waals surface area (Å²) in [5.74, 6) is 0.952. The van der Waals surface area contributed by atoms with E-state index >= 15 is 0 Å². The van der Waals surface area contributed by atoms with Gasteiger partial charge in [-0.25, -0.2) is 0 Å². The van der Waals surface area contributed by atoms with E-state index in [1.807, 2.05) is 29.2 Å². The number of carbonyl (C=O) groups excluding carboxylic acids is 2. The zero-order chi connectivity index (χ0) is 18.6. The van der Waals surface area contributed by atoms with E-state index < -0.39 is 5.60 Å². The Morgan fingerprint density at radius 3 is 2.19 bits per heavy atom. The van der Waals surface area contributed by atoms with E-state index in [9.17, 15) is 9.59 Å². The van der Waals surface area contributed by atoms with Crippen LogP contribution in [0, 0.1) is 5.92 Å². The maximum absolute atomic E-state index is 13.0. The van der Waals surface area contributed by atoms with Crippen molar-refractivity contribution in [1.82, 2.24) is 10.2 Å². The number of hydrogen-bond donors (Lipinski definition) is 1. The number of nitrogens with one attached hydrogen (secondary N) is 1. The smallest absolute Gasteiger partial charge is 0.254 e. The fourth-order valence-electron chi connectivity index (χ4n) is 3.96. The van der Waals surface area contributed by atoms with Gasteiger partial charge in [0.05, 0.1) is 7.11 Å². The van der Waals surface area contributed by atoms with Crippen LogP contribution in [0.5, 0.6) is 5.75 Å². The number of nitrogens with zero attached hydrogens (tertiary/aromatic N) is 1. The molecule has 2 aliphatic heterocycles. The zero-order valence-electron chi connectivity index (χ0n) is 16.0. The molecule has 0 spiro atoms. The van der Waals surface area contributed by atoms with Crippen LogP contribution >= 0.6 is 12.4 Å². The van der Waals surface area contributed by atoms with Crippen LogP contribution in [0.2, 0.25) is 0 Å². The van der Waals surface area contributed by atoms with Gasteiger partial charge in [-0.1, -0.05) is 0 Å². The van der Waals surface area contributed by atoms with E-state index in [4.69, 9.17) is 9.47 Å². The average Bonchev–Trinajstić information content (AvgIpc) is 2.73. The van der Waals surface area contributed by atoms with E-state index in [0.29, 0.717) is 44.3 Å². The molecule has 2 saturated heterocycles. The van der Waals surface area contributed by atoms with Crippen molar-refractivity contribution in [3.8, 4) is 5.75 Å². The van der Waals surface area contributed by atoms with Crippen molar-refractivity contribution in [2.75, 3.05) is 40.4 Å². The van der Waals surface area contributed by atoms with Crippen LogP contribution in [0.1, 0.15) is 36.0 Å². The number of methoxy groups -OCH3 is 2. The highest BCUT2D eigenvalue weighted by atomic mass is 35.5. The fraction of sp³-hybridized carbons (Fsp3) is 0.600. The number of ether oxygens (including phenoxy) is 2. The van der Waals surface area contributed by atoms with Gasteiger partial charge in [0.2, 0.25) is 0 Å². The van der Waals surface area contributed by atoms with E-state index in [0.717, 1.165) is 18.8 Å². The third-order valence-electron chi connectivity index (χ3n) is 5.72. The number of Topliss-reactive ketones (excluding diaryl/α,β-unsaturated/α-hetero) is 1. The molecule has 0 aliphatic carbocycles. The Balaban J connectivity index is 0.00000261. The first kappa shape index (κ1) is 21.7. The number of halogens is 1. The first-order valence-electron chi connectivity index (χ1n) is 9.33. The first-order chi connectivity index (χ1) is 12.6. The van der Waals surface area contributed by atoms with Crippen molar-refractivity contribution >= 4 is 24.1 Å². The molecule has 3 rings (SSSR count).